The van der Waals surface area contributed by atoms with Crippen molar-refractivity contribution < 1.29 is 24.4 Å². The molecule has 0 spiro atoms. The summed E-state index contributed by atoms with van der Waals surface area (Å²) in [6.45, 7) is 4.17. The van der Waals surface area contributed by atoms with Gasteiger partial charge in [-0.2, -0.15) is 0 Å². The lowest BCUT2D eigenvalue weighted by Crippen LogP contribution is -2.41. The number of hydrogen-bond acceptors (Lipinski definition) is 5. The number of aromatic hydroxyl groups is 1. The van der Waals surface area contributed by atoms with E-state index in [2.05, 4.69) is 13.8 Å². The smallest absolute Gasteiger partial charge is 0.157 e. The zero-order valence-corrected chi connectivity index (χ0v) is 14.2. The molecule has 25 heavy (non-hydrogen) atoms. The third kappa shape index (κ3) is 2.12. The third-order valence-corrected chi connectivity index (χ3v) is 5.34. The lowest BCUT2D eigenvalue weighted by molar-refractivity contribution is -0.0778. The first-order valence-electron chi connectivity index (χ1n) is 8.62. The van der Waals surface area contributed by atoms with Crippen LogP contribution in [0.4, 0.5) is 0 Å². The number of ether oxygens (including phenoxy) is 3. The molecule has 3 aliphatic rings. The Morgan fingerprint density at radius 3 is 2.60 bits per heavy atom. The van der Waals surface area contributed by atoms with Gasteiger partial charge < -0.3 is 24.4 Å². The largest absolute Gasteiger partial charge is 0.508 e. The zero-order chi connectivity index (χ0) is 17.3. The molecule has 5 heteroatoms. The fourth-order valence-electron chi connectivity index (χ4n) is 4.02. The van der Waals surface area contributed by atoms with Crippen LogP contribution in [0.3, 0.4) is 0 Å². The average Bonchev–Trinajstić information content (AvgIpc) is 2.54. The molecular weight excluding hydrogens is 320 g/mol. The molecule has 3 atom stereocenters. The number of fused-ring (bicyclic) bond motifs is 8. The second kappa shape index (κ2) is 4.82. The second-order valence-electron chi connectivity index (χ2n) is 7.61. The van der Waals surface area contributed by atoms with E-state index in [0.29, 0.717) is 5.75 Å². The van der Waals surface area contributed by atoms with E-state index in [0.717, 1.165) is 41.0 Å². The first kappa shape index (κ1) is 14.9. The standard InChI is InChI=1S/C20H20O5/c1-20(2)8-7-12-14(25-20)6-5-13-17(12)24-18-11-4-3-10(21)9-15(11)23-19(13)16(18)22/h3-6,9,16,18-19,21-22H,7-8H2,1-2H3/t16-,18+,19+/m0/s1. The van der Waals surface area contributed by atoms with Crippen LogP contribution in [0.15, 0.2) is 30.3 Å². The van der Waals surface area contributed by atoms with Gasteiger partial charge in [-0.05, 0) is 51.0 Å². The Balaban J connectivity index is 1.63. The van der Waals surface area contributed by atoms with E-state index in [1.165, 1.54) is 0 Å². The minimum atomic E-state index is -0.788. The summed E-state index contributed by atoms with van der Waals surface area (Å²) in [5.74, 6) is 2.30. The lowest BCUT2D eigenvalue weighted by atomic mass is 9.85. The maximum absolute atomic E-state index is 10.7. The molecule has 0 radical (unpaired) electrons. The fourth-order valence-corrected chi connectivity index (χ4v) is 4.02. The molecule has 5 nitrogen and oxygen atoms in total. The van der Waals surface area contributed by atoms with Gasteiger partial charge in [0.25, 0.3) is 0 Å². The molecule has 2 aromatic rings. The van der Waals surface area contributed by atoms with E-state index in [1.54, 1.807) is 18.2 Å². The molecule has 0 unspecified atom stereocenters. The van der Waals surface area contributed by atoms with Crippen LogP contribution in [-0.4, -0.2) is 21.9 Å². The predicted molar refractivity (Wildman–Crippen MR) is 90.3 cm³/mol. The van der Waals surface area contributed by atoms with Gasteiger partial charge in [0.2, 0.25) is 0 Å². The van der Waals surface area contributed by atoms with Gasteiger partial charge in [0.05, 0.1) is 0 Å². The minimum absolute atomic E-state index is 0.134. The first-order chi connectivity index (χ1) is 11.9. The zero-order valence-electron chi connectivity index (χ0n) is 14.2. The van der Waals surface area contributed by atoms with Gasteiger partial charge in [0.15, 0.2) is 12.2 Å². The van der Waals surface area contributed by atoms with Crippen molar-refractivity contribution in [3.8, 4) is 23.0 Å². The number of benzene rings is 2. The van der Waals surface area contributed by atoms with Crippen molar-refractivity contribution >= 4 is 0 Å². The van der Waals surface area contributed by atoms with Gasteiger partial charge in [-0.3, -0.25) is 0 Å². The Labute approximate surface area is 145 Å². The number of phenolic OH excluding ortho intramolecular Hbond substituents is 1. The van der Waals surface area contributed by atoms with Crippen molar-refractivity contribution in [1.29, 1.82) is 0 Å². The number of aliphatic hydroxyl groups is 1. The number of rotatable bonds is 0. The summed E-state index contributed by atoms with van der Waals surface area (Å²) in [7, 11) is 0. The molecule has 2 N–H and O–H groups in total. The van der Waals surface area contributed by atoms with Gasteiger partial charge in [-0.1, -0.05) is 0 Å². The van der Waals surface area contributed by atoms with Crippen molar-refractivity contribution in [3.05, 3.63) is 47.0 Å². The lowest BCUT2D eigenvalue weighted by Gasteiger charge is -2.43. The van der Waals surface area contributed by atoms with Crippen LogP contribution < -0.4 is 14.2 Å². The van der Waals surface area contributed by atoms with E-state index in [4.69, 9.17) is 14.2 Å². The van der Waals surface area contributed by atoms with E-state index in [1.807, 2.05) is 12.1 Å². The molecule has 130 valence electrons. The van der Waals surface area contributed by atoms with Crippen molar-refractivity contribution in [1.82, 2.24) is 0 Å². The molecule has 0 aromatic heterocycles. The maximum atomic E-state index is 10.7. The first-order valence-corrected chi connectivity index (χ1v) is 8.62. The highest BCUT2D eigenvalue weighted by atomic mass is 16.6. The predicted octanol–water partition coefficient (Wildman–Crippen LogP) is 3.42. The summed E-state index contributed by atoms with van der Waals surface area (Å²) in [5.41, 5.74) is 2.44. The molecular formula is C20H20O5. The molecule has 2 aromatic carbocycles. The number of phenols is 1. The quantitative estimate of drug-likeness (QED) is 0.769. The third-order valence-electron chi connectivity index (χ3n) is 5.34. The van der Waals surface area contributed by atoms with Crippen molar-refractivity contribution in [2.24, 2.45) is 0 Å². The molecule has 0 saturated carbocycles. The van der Waals surface area contributed by atoms with E-state index in [9.17, 15) is 10.2 Å². The highest BCUT2D eigenvalue weighted by Gasteiger charge is 2.46. The molecule has 3 heterocycles. The van der Waals surface area contributed by atoms with Gasteiger partial charge in [0.1, 0.15) is 34.7 Å². The fraction of sp³-hybridized carbons (Fsp3) is 0.400. The molecule has 0 amide bonds. The Morgan fingerprint density at radius 2 is 1.76 bits per heavy atom. The van der Waals surface area contributed by atoms with Crippen LogP contribution >= 0.6 is 0 Å². The molecule has 5 rings (SSSR count). The summed E-state index contributed by atoms with van der Waals surface area (Å²) < 4.78 is 18.4. The van der Waals surface area contributed by atoms with Crippen LogP contribution in [0.25, 0.3) is 0 Å². The van der Waals surface area contributed by atoms with Crippen LogP contribution in [-0.2, 0) is 6.42 Å². The topological polar surface area (TPSA) is 68.2 Å². The summed E-state index contributed by atoms with van der Waals surface area (Å²) in [5, 5.41) is 20.4. The summed E-state index contributed by atoms with van der Waals surface area (Å²) in [6.07, 6.45) is -0.0397. The van der Waals surface area contributed by atoms with E-state index < -0.39 is 18.3 Å². The number of hydrogen-bond donors (Lipinski definition) is 2. The Hall–Kier alpha value is -2.40. The van der Waals surface area contributed by atoms with Crippen molar-refractivity contribution in [2.75, 3.05) is 0 Å². The van der Waals surface area contributed by atoms with Crippen LogP contribution in [0.2, 0.25) is 0 Å². The van der Waals surface area contributed by atoms with Crippen LogP contribution in [0.1, 0.15) is 49.2 Å². The van der Waals surface area contributed by atoms with Crippen molar-refractivity contribution in [3.63, 3.8) is 0 Å². The Kier molecular flexibility index (Phi) is 2.87. The molecule has 2 bridgehead atoms. The maximum Gasteiger partial charge on any atom is 0.157 e. The molecule has 3 aliphatic heterocycles. The number of aliphatic hydroxyl groups excluding tert-OH is 1. The minimum Gasteiger partial charge on any atom is -0.508 e. The SMILES string of the molecule is CC1(C)CCc2c(ccc3c2O[C@@H]2c4ccc(O)cc4O[C@H]3[C@H]2O)O1. The van der Waals surface area contributed by atoms with Gasteiger partial charge in [-0.15, -0.1) is 0 Å². The van der Waals surface area contributed by atoms with E-state index >= 15 is 0 Å². The van der Waals surface area contributed by atoms with Gasteiger partial charge in [0, 0.05) is 22.8 Å². The molecule has 0 aliphatic carbocycles. The van der Waals surface area contributed by atoms with Crippen LogP contribution in [0, 0.1) is 0 Å². The summed E-state index contributed by atoms with van der Waals surface area (Å²) in [4.78, 5) is 0. The Morgan fingerprint density at radius 1 is 1.00 bits per heavy atom. The highest BCUT2D eigenvalue weighted by Crippen LogP contribution is 2.53. The van der Waals surface area contributed by atoms with Gasteiger partial charge >= 0.3 is 0 Å². The summed E-state index contributed by atoms with van der Waals surface area (Å²) in [6, 6.07) is 8.74. The monoisotopic (exact) mass is 340 g/mol. The van der Waals surface area contributed by atoms with Gasteiger partial charge in [-0.25, -0.2) is 0 Å². The van der Waals surface area contributed by atoms with Crippen LogP contribution in [0.5, 0.6) is 23.0 Å². The second-order valence-corrected chi connectivity index (χ2v) is 7.61. The highest BCUT2D eigenvalue weighted by molar-refractivity contribution is 5.56. The Bertz CT molecular complexity index is 873. The average molecular weight is 340 g/mol. The van der Waals surface area contributed by atoms with Crippen molar-refractivity contribution in [2.45, 2.75) is 50.6 Å². The molecule has 0 saturated heterocycles. The van der Waals surface area contributed by atoms with E-state index in [-0.39, 0.29) is 11.4 Å². The normalized spacial score (nSPS) is 27.7. The summed E-state index contributed by atoms with van der Waals surface area (Å²) >= 11 is 0. The molecule has 0 fully saturated rings.